The lowest BCUT2D eigenvalue weighted by Gasteiger charge is -2.37. The minimum Gasteiger partial charge on any atom is -0.465 e. The van der Waals surface area contributed by atoms with Crippen LogP contribution in [-0.2, 0) is 28.7 Å². The van der Waals surface area contributed by atoms with Crippen LogP contribution in [-0.4, -0.2) is 43.8 Å². The molecule has 0 N–H and O–H groups in total. The van der Waals surface area contributed by atoms with Crippen LogP contribution in [0, 0.1) is 47.0 Å². The number of esters is 2. The van der Waals surface area contributed by atoms with Crippen molar-refractivity contribution in [2.24, 2.45) is 10.4 Å². The lowest BCUT2D eigenvalue weighted by atomic mass is 9.85. The van der Waals surface area contributed by atoms with Crippen LogP contribution in [0.4, 0.5) is 5.69 Å². The van der Waals surface area contributed by atoms with E-state index in [1.54, 1.807) is 13.8 Å². The predicted octanol–water partition coefficient (Wildman–Crippen LogP) is 4.63. The number of carbonyl (C=O) groups is 4. The average molecular weight is 519 g/mol. The smallest absolute Gasteiger partial charge is 0.342 e. The molecule has 0 fully saturated rings. The lowest BCUT2D eigenvalue weighted by molar-refractivity contribution is -0.138. The van der Waals surface area contributed by atoms with Gasteiger partial charge in [0.15, 0.2) is 5.84 Å². The summed E-state index contributed by atoms with van der Waals surface area (Å²) in [6.45, 7) is 14.1. The molecule has 1 heterocycles. The van der Waals surface area contributed by atoms with Gasteiger partial charge >= 0.3 is 11.9 Å². The molecule has 0 saturated carbocycles. The molecule has 8 heteroatoms. The van der Waals surface area contributed by atoms with E-state index < -0.39 is 29.2 Å². The Balaban J connectivity index is 2.58. The van der Waals surface area contributed by atoms with Gasteiger partial charge in [0.2, 0.25) is 5.91 Å². The van der Waals surface area contributed by atoms with Gasteiger partial charge in [-0.3, -0.25) is 14.5 Å². The normalized spacial score (nSPS) is 15.6. The van der Waals surface area contributed by atoms with Crippen LogP contribution in [0.3, 0.4) is 0 Å². The Morgan fingerprint density at radius 3 is 1.61 bits per heavy atom. The molecule has 0 radical (unpaired) electrons. The second-order valence-corrected chi connectivity index (χ2v) is 10.3. The van der Waals surface area contributed by atoms with Gasteiger partial charge in [0.25, 0.3) is 5.91 Å². The first-order valence-corrected chi connectivity index (χ1v) is 12.2. The van der Waals surface area contributed by atoms with Crippen LogP contribution < -0.4 is 4.90 Å². The number of anilines is 1. The first-order valence-electron chi connectivity index (χ1n) is 12.2. The highest BCUT2D eigenvalue weighted by molar-refractivity contribution is 6.44. The molecule has 3 rings (SSSR count). The quantitative estimate of drug-likeness (QED) is 0.325. The number of amides is 2. The number of methoxy groups -OCH3 is 2. The van der Waals surface area contributed by atoms with Gasteiger partial charge in [-0.25, -0.2) is 9.59 Å². The topological polar surface area (TPSA) is 102 Å². The monoisotopic (exact) mass is 518 g/mol. The molecule has 1 aliphatic heterocycles. The summed E-state index contributed by atoms with van der Waals surface area (Å²) < 4.78 is 10.2. The van der Waals surface area contributed by atoms with Gasteiger partial charge in [-0.15, -0.1) is 0 Å². The number of ether oxygens (including phenoxy) is 2. The second-order valence-electron chi connectivity index (χ2n) is 10.3. The molecule has 8 nitrogen and oxygen atoms in total. The number of benzene rings is 2. The van der Waals surface area contributed by atoms with E-state index in [0.717, 1.165) is 29.4 Å². The molecule has 0 atom stereocenters. The minimum absolute atomic E-state index is 0.138. The van der Waals surface area contributed by atoms with E-state index in [2.05, 4.69) is 4.99 Å². The van der Waals surface area contributed by atoms with Gasteiger partial charge in [-0.1, -0.05) is 35.4 Å². The fourth-order valence-corrected chi connectivity index (χ4v) is 5.07. The third-order valence-corrected chi connectivity index (χ3v) is 6.73. The first kappa shape index (κ1) is 28.5. The number of hydrogen-bond donors (Lipinski definition) is 0. The Labute approximate surface area is 223 Å². The van der Waals surface area contributed by atoms with Gasteiger partial charge in [0.1, 0.15) is 11.0 Å². The molecule has 1 aliphatic rings. The predicted molar refractivity (Wildman–Crippen MR) is 146 cm³/mol. The first-order chi connectivity index (χ1) is 17.7. The van der Waals surface area contributed by atoms with Crippen LogP contribution >= 0.6 is 0 Å². The van der Waals surface area contributed by atoms with E-state index in [-0.39, 0.29) is 17.0 Å². The zero-order valence-corrected chi connectivity index (χ0v) is 23.7. The second kappa shape index (κ2) is 10.4. The molecule has 0 saturated heterocycles. The Morgan fingerprint density at radius 1 is 0.737 bits per heavy atom. The van der Waals surface area contributed by atoms with Gasteiger partial charge in [0, 0.05) is 0 Å². The van der Waals surface area contributed by atoms with Crippen molar-refractivity contribution in [1.82, 2.24) is 0 Å². The van der Waals surface area contributed by atoms with E-state index in [1.807, 2.05) is 52.0 Å². The summed E-state index contributed by atoms with van der Waals surface area (Å²) in [5, 5.41) is 0. The Bertz CT molecular complexity index is 1400. The number of aliphatic imine (C=N–C) groups is 1. The van der Waals surface area contributed by atoms with Gasteiger partial charge in [-0.05, 0) is 83.2 Å². The highest BCUT2D eigenvalue weighted by Crippen LogP contribution is 2.38. The molecular weight excluding hydrogens is 484 g/mol. The Kier molecular flexibility index (Phi) is 7.77. The van der Waals surface area contributed by atoms with E-state index in [4.69, 9.17) is 9.47 Å². The molecule has 2 aromatic carbocycles. The van der Waals surface area contributed by atoms with E-state index >= 15 is 0 Å². The highest BCUT2D eigenvalue weighted by atomic mass is 16.5. The Hall–Kier alpha value is -4.07. The molecule has 0 spiro atoms. The summed E-state index contributed by atoms with van der Waals surface area (Å²) >= 11 is 0. The molecule has 0 aromatic heterocycles. The van der Waals surface area contributed by atoms with Crippen molar-refractivity contribution in [3.8, 4) is 0 Å². The summed E-state index contributed by atoms with van der Waals surface area (Å²) in [6.07, 6.45) is 0. The zero-order valence-electron chi connectivity index (χ0n) is 23.7. The van der Waals surface area contributed by atoms with Crippen LogP contribution in [0.25, 0.3) is 5.57 Å². The van der Waals surface area contributed by atoms with Crippen molar-refractivity contribution in [3.63, 3.8) is 0 Å². The molecule has 0 unspecified atom stereocenters. The number of amidine groups is 1. The maximum atomic E-state index is 14.0. The van der Waals surface area contributed by atoms with Crippen molar-refractivity contribution in [3.05, 3.63) is 68.8 Å². The highest BCUT2D eigenvalue weighted by Gasteiger charge is 2.49. The largest absolute Gasteiger partial charge is 0.465 e. The van der Waals surface area contributed by atoms with Crippen LogP contribution in [0.1, 0.15) is 52.8 Å². The van der Waals surface area contributed by atoms with Crippen molar-refractivity contribution in [2.75, 3.05) is 19.1 Å². The fourth-order valence-electron chi connectivity index (χ4n) is 5.07. The molecule has 0 bridgehead atoms. The molecule has 2 aromatic rings. The molecule has 2 amide bonds. The van der Waals surface area contributed by atoms with Gasteiger partial charge in [-0.2, -0.15) is 4.99 Å². The zero-order chi connectivity index (χ0) is 28.7. The lowest BCUT2D eigenvalue weighted by Crippen LogP contribution is -2.54. The number of rotatable bonds is 5. The maximum absolute atomic E-state index is 14.0. The van der Waals surface area contributed by atoms with Gasteiger partial charge in [0.05, 0.1) is 25.5 Å². The summed E-state index contributed by atoms with van der Waals surface area (Å²) in [4.78, 5) is 59.6. The molecule has 38 heavy (non-hydrogen) atoms. The van der Waals surface area contributed by atoms with Crippen LogP contribution in [0.15, 0.2) is 34.8 Å². The van der Waals surface area contributed by atoms with Crippen molar-refractivity contribution < 1.29 is 28.7 Å². The summed E-state index contributed by atoms with van der Waals surface area (Å²) in [7, 11) is 2.36. The maximum Gasteiger partial charge on any atom is 0.342 e. The molecular formula is C30H34N2O6. The van der Waals surface area contributed by atoms with Gasteiger partial charge < -0.3 is 9.47 Å². The average Bonchev–Trinajstić information content (AvgIpc) is 2.82. The van der Waals surface area contributed by atoms with Crippen molar-refractivity contribution in [1.29, 1.82) is 0 Å². The molecule has 0 aliphatic carbocycles. The summed E-state index contributed by atoms with van der Waals surface area (Å²) in [6, 6.07) is 7.53. The van der Waals surface area contributed by atoms with E-state index in [9.17, 15) is 19.2 Å². The number of carbonyl (C=O) groups excluding carboxylic acids is 4. The Morgan fingerprint density at radius 2 is 1.16 bits per heavy atom. The number of aryl methyl sites for hydroxylation is 6. The standard InChI is InChI=1S/C30H34N2O6/c1-15-11-17(3)21(18(4)12-15)22(26(33)37-9)23(27(34)38-10)25-31-28(35)30(7,8)29(36)32(25)24-19(5)13-16(2)14-20(24)6/h11-14H,1-10H3/b23-22+. The molecule has 200 valence electrons. The summed E-state index contributed by atoms with van der Waals surface area (Å²) in [5.41, 5.74) is 3.76. The minimum atomic E-state index is -1.50. The summed E-state index contributed by atoms with van der Waals surface area (Å²) in [5.74, 6) is -3.35. The third-order valence-electron chi connectivity index (χ3n) is 6.73. The van der Waals surface area contributed by atoms with Crippen molar-refractivity contribution in [2.45, 2.75) is 55.4 Å². The number of nitrogens with zero attached hydrogens (tertiary/aromatic N) is 2. The van der Waals surface area contributed by atoms with Crippen LogP contribution in [0.5, 0.6) is 0 Å². The third kappa shape index (κ3) is 4.78. The fraction of sp³-hybridized carbons (Fsp3) is 0.367. The SMILES string of the molecule is COC(=O)/C(C1=NC(=O)C(C)(C)C(=O)N1c1c(C)cc(C)cc1C)=C(/C(=O)OC)c1c(C)cc(C)cc1C. The van der Waals surface area contributed by atoms with E-state index in [0.29, 0.717) is 22.4 Å². The van der Waals surface area contributed by atoms with Crippen LogP contribution in [0.2, 0.25) is 0 Å². The number of hydrogen-bond acceptors (Lipinski definition) is 6. The van der Waals surface area contributed by atoms with E-state index in [1.165, 1.54) is 25.9 Å². The van der Waals surface area contributed by atoms with Crippen molar-refractivity contribution >= 4 is 40.8 Å².